The highest BCUT2D eigenvalue weighted by atomic mass is 28.3. The van der Waals surface area contributed by atoms with E-state index in [4.69, 9.17) is 0 Å². The zero-order chi connectivity index (χ0) is 7.40. The molecule has 0 heterocycles. The highest BCUT2D eigenvalue weighted by Gasteiger charge is 2.04. The minimum Gasteiger partial charge on any atom is -0.290 e. The summed E-state index contributed by atoms with van der Waals surface area (Å²) in [6.07, 6.45) is 0. The van der Waals surface area contributed by atoms with E-state index in [0.717, 1.165) is 5.19 Å². The molecule has 1 aromatic carbocycles. The van der Waals surface area contributed by atoms with Crippen LogP contribution in [-0.2, 0) is 4.80 Å². The van der Waals surface area contributed by atoms with Crippen LogP contribution in [0.1, 0.15) is 0 Å². The molecule has 1 atom stereocenters. The lowest BCUT2D eigenvalue weighted by atomic mass is 10.4. The van der Waals surface area contributed by atoms with Gasteiger partial charge in [-0.3, -0.25) is 4.80 Å². The van der Waals surface area contributed by atoms with Gasteiger partial charge in [-0.05, 0) is 5.19 Å². The summed E-state index contributed by atoms with van der Waals surface area (Å²) in [5.41, 5.74) is 1.54. The molecule has 0 fully saturated rings. The molecule has 1 nitrogen and oxygen atoms in total. The van der Waals surface area contributed by atoms with Crippen molar-refractivity contribution in [2.24, 2.45) is 0 Å². The van der Waals surface area contributed by atoms with Gasteiger partial charge in [0.2, 0.25) is 0 Å². The molecule has 0 saturated heterocycles. The van der Waals surface area contributed by atoms with Crippen LogP contribution >= 0.6 is 0 Å². The number of benzene rings is 1. The van der Waals surface area contributed by atoms with E-state index in [2.05, 4.69) is 6.58 Å². The summed E-state index contributed by atoms with van der Waals surface area (Å²) >= 11 is 0. The van der Waals surface area contributed by atoms with Crippen molar-refractivity contribution in [1.29, 1.82) is 0 Å². The first-order chi connectivity index (χ1) is 4.84. The molecule has 0 aliphatic rings. The summed E-state index contributed by atoms with van der Waals surface area (Å²) < 4.78 is 0. The molecule has 0 aliphatic carbocycles. The standard InChI is InChI=1S/C8H9OSi/c1-2-10(9)8-6-4-3-5-7-8/h2-7,10H,1H2. The quantitative estimate of drug-likeness (QED) is 0.554. The lowest BCUT2D eigenvalue weighted by Gasteiger charge is -1.97. The van der Waals surface area contributed by atoms with Crippen molar-refractivity contribution in [2.75, 3.05) is 0 Å². The van der Waals surface area contributed by atoms with Crippen molar-refractivity contribution in [3.63, 3.8) is 0 Å². The summed E-state index contributed by atoms with van der Waals surface area (Å²) in [6, 6.07) is 9.41. The maximum Gasteiger partial charge on any atom is 0.276 e. The Kier molecular flexibility index (Phi) is 2.42. The second-order valence-corrected chi connectivity index (χ2v) is 4.05. The van der Waals surface area contributed by atoms with Crippen LogP contribution < -0.4 is 5.19 Å². The van der Waals surface area contributed by atoms with Crippen LogP contribution in [-0.4, -0.2) is 9.04 Å². The molecule has 0 N–H and O–H groups in total. The Morgan fingerprint density at radius 2 is 1.90 bits per heavy atom. The molecule has 0 aromatic heterocycles. The largest absolute Gasteiger partial charge is 0.290 e. The molecule has 0 spiro atoms. The van der Waals surface area contributed by atoms with Gasteiger partial charge in [-0.1, -0.05) is 36.0 Å². The third-order valence-electron chi connectivity index (χ3n) is 1.34. The number of hydrogen-bond donors (Lipinski definition) is 0. The van der Waals surface area contributed by atoms with E-state index in [9.17, 15) is 4.80 Å². The average Bonchev–Trinajstić information content (AvgIpc) is 2.05. The maximum absolute atomic E-state index is 11.1. The van der Waals surface area contributed by atoms with Gasteiger partial charge in [0.25, 0.3) is 9.04 Å². The first kappa shape index (κ1) is 7.25. The van der Waals surface area contributed by atoms with E-state index in [1.54, 1.807) is 0 Å². The number of rotatable bonds is 2. The predicted molar refractivity (Wildman–Crippen MR) is 44.1 cm³/mol. The minimum absolute atomic E-state index is 0.914. The van der Waals surface area contributed by atoms with E-state index in [1.807, 2.05) is 30.3 Å². The van der Waals surface area contributed by atoms with Gasteiger partial charge in [-0.25, -0.2) is 0 Å². The van der Waals surface area contributed by atoms with Gasteiger partial charge < -0.3 is 0 Å². The van der Waals surface area contributed by atoms with Crippen molar-refractivity contribution in [2.45, 2.75) is 0 Å². The van der Waals surface area contributed by atoms with Gasteiger partial charge in [-0.15, -0.1) is 6.58 Å². The van der Waals surface area contributed by atoms with Gasteiger partial charge in [0, 0.05) is 0 Å². The minimum atomic E-state index is -2.03. The van der Waals surface area contributed by atoms with E-state index in [1.165, 1.54) is 5.70 Å². The van der Waals surface area contributed by atoms with Gasteiger partial charge >= 0.3 is 0 Å². The van der Waals surface area contributed by atoms with Crippen LogP contribution in [0.15, 0.2) is 42.6 Å². The van der Waals surface area contributed by atoms with Crippen LogP contribution in [0.25, 0.3) is 0 Å². The molecule has 10 heavy (non-hydrogen) atoms. The Balaban J connectivity index is 2.84. The first-order valence-corrected chi connectivity index (χ1v) is 4.89. The third kappa shape index (κ3) is 1.56. The molecule has 1 radical (unpaired) electrons. The molecule has 0 saturated carbocycles. The highest BCUT2D eigenvalue weighted by Crippen LogP contribution is 1.86. The fraction of sp³-hybridized carbons (Fsp3) is 0. The van der Waals surface area contributed by atoms with Crippen molar-refractivity contribution < 1.29 is 4.80 Å². The lowest BCUT2D eigenvalue weighted by Crippen LogP contribution is -2.25. The van der Waals surface area contributed by atoms with E-state index < -0.39 is 9.04 Å². The van der Waals surface area contributed by atoms with Crippen molar-refractivity contribution >= 4 is 14.2 Å². The summed E-state index contributed by atoms with van der Waals surface area (Å²) in [5.74, 6) is 0. The van der Waals surface area contributed by atoms with Crippen molar-refractivity contribution in [3.05, 3.63) is 42.6 Å². The molecular weight excluding hydrogens is 140 g/mol. The van der Waals surface area contributed by atoms with Gasteiger partial charge in [0.15, 0.2) is 0 Å². The molecule has 1 rings (SSSR count). The molecule has 0 amide bonds. The first-order valence-electron chi connectivity index (χ1n) is 3.18. The van der Waals surface area contributed by atoms with E-state index in [0.29, 0.717) is 0 Å². The smallest absolute Gasteiger partial charge is 0.276 e. The topological polar surface area (TPSA) is 19.9 Å². The summed E-state index contributed by atoms with van der Waals surface area (Å²) in [7, 11) is -2.03. The summed E-state index contributed by atoms with van der Waals surface area (Å²) in [6.45, 7) is 3.49. The normalized spacial score (nSPS) is 12.5. The summed E-state index contributed by atoms with van der Waals surface area (Å²) in [4.78, 5) is 11.1. The second-order valence-electron chi connectivity index (χ2n) is 2.07. The van der Waals surface area contributed by atoms with Gasteiger partial charge in [-0.2, -0.15) is 0 Å². The fourth-order valence-electron chi connectivity index (χ4n) is 0.779. The highest BCUT2D eigenvalue weighted by molar-refractivity contribution is 6.70. The van der Waals surface area contributed by atoms with Gasteiger partial charge in [0.1, 0.15) is 0 Å². The Morgan fingerprint density at radius 3 is 2.40 bits per heavy atom. The lowest BCUT2D eigenvalue weighted by molar-refractivity contribution is 0.470. The Bertz CT molecular complexity index is 208. The molecule has 0 bridgehead atoms. The third-order valence-corrected chi connectivity index (χ3v) is 2.81. The molecule has 2 heteroatoms. The average molecular weight is 149 g/mol. The molecular formula is C8H9OSi. The maximum atomic E-state index is 11.1. The molecule has 0 aliphatic heterocycles. The van der Waals surface area contributed by atoms with Crippen LogP contribution in [0.2, 0.25) is 0 Å². The molecule has 1 unspecified atom stereocenters. The zero-order valence-corrected chi connectivity index (χ0v) is 6.81. The van der Waals surface area contributed by atoms with Crippen molar-refractivity contribution in [1.82, 2.24) is 0 Å². The van der Waals surface area contributed by atoms with E-state index >= 15 is 0 Å². The van der Waals surface area contributed by atoms with E-state index in [-0.39, 0.29) is 0 Å². The molecule has 51 valence electrons. The molecule has 1 aromatic rings. The Labute approximate surface area is 62.4 Å². The Hall–Kier alpha value is -0.863. The van der Waals surface area contributed by atoms with Gasteiger partial charge in [0.05, 0.1) is 0 Å². The van der Waals surface area contributed by atoms with Crippen LogP contribution in [0.5, 0.6) is 0 Å². The van der Waals surface area contributed by atoms with Crippen LogP contribution in [0, 0.1) is 0 Å². The van der Waals surface area contributed by atoms with Crippen LogP contribution in [0.3, 0.4) is 0 Å². The van der Waals surface area contributed by atoms with Crippen LogP contribution in [0.4, 0.5) is 0 Å². The number of hydrogen-bond acceptors (Lipinski definition) is 0. The predicted octanol–water partition coefficient (Wildman–Crippen LogP) is 0.773. The zero-order valence-electron chi connectivity index (χ0n) is 5.66. The second kappa shape index (κ2) is 3.34. The fourth-order valence-corrected chi connectivity index (χ4v) is 1.65. The SMILES string of the molecule is C=C[SiH]([O])c1ccccc1. The monoisotopic (exact) mass is 149 g/mol. The Morgan fingerprint density at radius 1 is 1.30 bits per heavy atom. The van der Waals surface area contributed by atoms with Crippen molar-refractivity contribution in [3.8, 4) is 0 Å². The summed E-state index contributed by atoms with van der Waals surface area (Å²) in [5, 5.41) is 0.914.